The fourth-order valence-corrected chi connectivity index (χ4v) is 3.01. The quantitative estimate of drug-likeness (QED) is 0.805. The van der Waals surface area contributed by atoms with Gasteiger partial charge in [-0.05, 0) is 42.0 Å². The Morgan fingerprint density at radius 3 is 2.70 bits per heavy atom. The third kappa shape index (κ3) is 4.85. The largest absolute Gasteiger partial charge is 0.416 e. The van der Waals surface area contributed by atoms with Gasteiger partial charge in [-0.25, -0.2) is 0 Å². The summed E-state index contributed by atoms with van der Waals surface area (Å²) in [7, 11) is 0. The Morgan fingerprint density at radius 2 is 2.00 bits per heavy atom. The molecule has 126 valence electrons. The molecule has 0 radical (unpaired) electrons. The van der Waals surface area contributed by atoms with Crippen molar-refractivity contribution >= 4 is 12.0 Å². The lowest BCUT2D eigenvalue weighted by atomic mass is 9.78. The van der Waals surface area contributed by atoms with Gasteiger partial charge in [0, 0.05) is 12.1 Å². The smallest absolute Gasteiger partial charge is 0.350 e. The SMILES string of the molecule is CC1CCCC(NC(=O)C=Cc2cccc(C(F)(F)F)c2)C1C. The number of hydrogen-bond donors (Lipinski definition) is 1. The lowest BCUT2D eigenvalue weighted by Crippen LogP contribution is -2.43. The van der Waals surface area contributed by atoms with Crippen molar-refractivity contribution in [3.05, 3.63) is 41.5 Å². The number of rotatable bonds is 3. The van der Waals surface area contributed by atoms with Gasteiger partial charge in [-0.3, -0.25) is 4.79 Å². The maximum absolute atomic E-state index is 12.7. The van der Waals surface area contributed by atoms with Crippen molar-refractivity contribution in [1.29, 1.82) is 0 Å². The third-order valence-corrected chi connectivity index (χ3v) is 4.68. The van der Waals surface area contributed by atoms with Crippen LogP contribution in [0.3, 0.4) is 0 Å². The fraction of sp³-hybridized carbons (Fsp3) is 0.500. The number of hydrogen-bond acceptors (Lipinski definition) is 1. The number of carbonyl (C=O) groups is 1. The Kier molecular flexibility index (Phi) is 5.50. The Labute approximate surface area is 134 Å². The topological polar surface area (TPSA) is 29.1 Å². The van der Waals surface area contributed by atoms with Gasteiger partial charge in [0.1, 0.15) is 0 Å². The van der Waals surface area contributed by atoms with E-state index in [1.54, 1.807) is 6.07 Å². The second-order valence-corrected chi connectivity index (χ2v) is 6.34. The Hall–Kier alpha value is -1.78. The third-order valence-electron chi connectivity index (χ3n) is 4.68. The van der Waals surface area contributed by atoms with Crippen LogP contribution in [-0.4, -0.2) is 11.9 Å². The van der Waals surface area contributed by atoms with Gasteiger partial charge in [-0.15, -0.1) is 0 Å². The second kappa shape index (κ2) is 7.20. The molecule has 1 saturated carbocycles. The van der Waals surface area contributed by atoms with Crippen molar-refractivity contribution in [2.45, 2.75) is 45.3 Å². The zero-order valence-electron chi connectivity index (χ0n) is 13.4. The minimum atomic E-state index is -4.38. The van der Waals surface area contributed by atoms with Gasteiger partial charge >= 0.3 is 6.18 Å². The molecule has 0 aromatic heterocycles. The van der Waals surface area contributed by atoms with E-state index in [2.05, 4.69) is 19.2 Å². The second-order valence-electron chi connectivity index (χ2n) is 6.34. The molecule has 1 amide bonds. The van der Waals surface area contributed by atoms with Crippen LogP contribution in [-0.2, 0) is 11.0 Å². The molecule has 0 bridgehead atoms. The fourth-order valence-electron chi connectivity index (χ4n) is 3.01. The summed E-state index contributed by atoms with van der Waals surface area (Å²) in [5.41, 5.74) is -0.352. The Morgan fingerprint density at radius 1 is 1.26 bits per heavy atom. The number of alkyl halides is 3. The van der Waals surface area contributed by atoms with E-state index in [1.165, 1.54) is 24.6 Å². The van der Waals surface area contributed by atoms with E-state index in [0.717, 1.165) is 25.0 Å². The molecular formula is C18H22F3NO. The van der Waals surface area contributed by atoms with E-state index in [-0.39, 0.29) is 11.9 Å². The maximum atomic E-state index is 12.7. The van der Waals surface area contributed by atoms with E-state index in [9.17, 15) is 18.0 Å². The molecule has 0 aliphatic heterocycles. The molecule has 2 rings (SSSR count). The van der Waals surface area contributed by atoms with Crippen LogP contribution in [0, 0.1) is 11.8 Å². The minimum Gasteiger partial charge on any atom is -0.350 e. The molecule has 3 atom stereocenters. The summed E-state index contributed by atoms with van der Waals surface area (Å²) in [6.07, 6.45) is 1.57. The van der Waals surface area contributed by atoms with Gasteiger partial charge in [0.15, 0.2) is 0 Å². The number of amides is 1. The number of carbonyl (C=O) groups excluding carboxylic acids is 1. The first-order valence-corrected chi connectivity index (χ1v) is 7.93. The monoisotopic (exact) mass is 325 g/mol. The summed E-state index contributed by atoms with van der Waals surface area (Å²) >= 11 is 0. The summed E-state index contributed by atoms with van der Waals surface area (Å²) in [4.78, 5) is 12.0. The van der Waals surface area contributed by atoms with Gasteiger partial charge < -0.3 is 5.32 Å². The van der Waals surface area contributed by atoms with Crippen molar-refractivity contribution in [2.24, 2.45) is 11.8 Å². The molecule has 3 unspecified atom stereocenters. The van der Waals surface area contributed by atoms with E-state index in [1.807, 2.05) is 0 Å². The molecule has 1 aromatic carbocycles. The molecule has 5 heteroatoms. The number of halogens is 3. The Balaban J connectivity index is 1.98. The number of nitrogens with one attached hydrogen (secondary N) is 1. The van der Waals surface area contributed by atoms with Crippen LogP contribution in [0.25, 0.3) is 6.08 Å². The van der Waals surface area contributed by atoms with Crippen LogP contribution in [0.2, 0.25) is 0 Å². The highest BCUT2D eigenvalue weighted by molar-refractivity contribution is 5.91. The molecule has 23 heavy (non-hydrogen) atoms. The van der Waals surface area contributed by atoms with Gasteiger partial charge in [-0.2, -0.15) is 13.2 Å². The highest BCUT2D eigenvalue weighted by Crippen LogP contribution is 2.30. The molecule has 1 aliphatic carbocycles. The van der Waals surface area contributed by atoms with E-state index < -0.39 is 11.7 Å². The van der Waals surface area contributed by atoms with Crippen molar-refractivity contribution in [2.75, 3.05) is 0 Å². The van der Waals surface area contributed by atoms with Gasteiger partial charge in [0.25, 0.3) is 0 Å². The number of benzene rings is 1. The van der Waals surface area contributed by atoms with E-state index in [0.29, 0.717) is 17.4 Å². The van der Waals surface area contributed by atoms with Crippen molar-refractivity contribution in [3.63, 3.8) is 0 Å². The van der Waals surface area contributed by atoms with Crippen LogP contribution in [0.5, 0.6) is 0 Å². The lowest BCUT2D eigenvalue weighted by molar-refractivity contribution is -0.137. The average molecular weight is 325 g/mol. The minimum absolute atomic E-state index is 0.136. The first-order chi connectivity index (χ1) is 10.8. The molecule has 2 nitrogen and oxygen atoms in total. The molecule has 1 fully saturated rings. The first kappa shape index (κ1) is 17.6. The Bertz CT molecular complexity index is 580. The molecule has 1 aliphatic rings. The highest BCUT2D eigenvalue weighted by Gasteiger charge is 2.30. The molecule has 0 saturated heterocycles. The summed E-state index contributed by atoms with van der Waals surface area (Å²) in [6.45, 7) is 4.31. The van der Waals surface area contributed by atoms with Crippen LogP contribution in [0.4, 0.5) is 13.2 Å². The predicted octanol–water partition coefficient (Wildman–Crippen LogP) is 4.66. The molecule has 0 heterocycles. The first-order valence-electron chi connectivity index (χ1n) is 7.93. The van der Waals surface area contributed by atoms with Crippen molar-refractivity contribution in [1.82, 2.24) is 5.32 Å². The predicted molar refractivity (Wildman–Crippen MR) is 84.6 cm³/mol. The van der Waals surface area contributed by atoms with Gasteiger partial charge in [0.05, 0.1) is 5.56 Å². The summed E-state index contributed by atoms with van der Waals surface area (Å²) in [6, 6.07) is 5.07. The van der Waals surface area contributed by atoms with Gasteiger partial charge in [0.2, 0.25) is 5.91 Å². The van der Waals surface area contributed by atoms with Crippen LogP contribution in [0.15, 0.2) is 30.3 Å². The van der Waals surface area contributed by atoms with Crippen LogP contribution < -0.4 is 5.32 Å². The summed E-state index contributed by atoms with van der Waals surface area (Å²) < 4.78 is 38.0. The molecule has 0 spiro atoms. The zero-order valence-corrected chi connectivity index (χ0v) is 13.4. The summed E-state index contributed by atoms with van der Waals surface area (Å²) in [5, 5.41) is 2.97. The van der Waals surface area contributed by atoms with E-state index in [4.69, 9.17) is 0 Å². The zero-order chi connectivity index (χ0) is 17.0. The maximum Gasteiger partial charge on any atom is 0.416 e. The molecule has 1 N–H and O–H groups in total. The standard InChI is InChI=1S/C18H22F3NO/c1-12-5-3-8-16(13(12)2)22-17(23)10-9-14-6-4-7-15(11-14)18(19,20)21/h4,6-7,9-13,16H,3,5,8H2,1-2H3,(H,22,23). The van der Waals surface area contributed by atoms with Crippen molar-refractivity contribution < 1.29 is 18.0 Å². The lowest BCUT2D eigenvalue weighted by Gasteiger charge is -2.34. The normalized spacial score (nSPS) is 25.5. The van der Waals surface area contributed by atoms with Crippen molar-refractivity contribution in [3.8, 4) is 0 Å². The highest BCUT2D eigenvalue weighted by atomic mass is 19.4. The summed E-state index contributed by atoms with van der Waals surface area (Å²) in [5.74, 6) is 0.726. The average Bonchev–Trinajstić information content (AvgIpc) is 2.49. The molecular weight excluding hydrogens is 303 g/mol. The van der Waals surface area contributed by atoms with Crippen LogP contribution >= 0.6 is 0 Å². The van der Waals surface area contributed by atoms with Gasteiger partial charge in [-0.1, -0.05) is 38.8 Å². The molecule has 1 aromatic rings. The van der Waals surface area contributed by atoms with Crippen LogP contribution in [0.1, 0.15) is 44.2 Å². The van der Waals surface area contributed by atoms with E-state index >= 15 is 0 Å².